The van der Waals surface area contributed by atoms with E-state index in [1.54, 1.807) is 18.3 Å². The Labute approximate surface area is 148 Å². The third kappa shape index (κ3) is 3.45. The molecule has 0 bridgehead atoms. The third-order valence-corrected chi connectivity index (χ3v) is 4.81. The highest BCUT2D eigenvalue weighted by atomic mass is 127. The Morgan fingerprint density at radius 2 is 1.91 bits per heavy atom. The molecule has 0 saturated carbocycles. The maximum absolute atomic E-state index is 12.6. The van der Waals surface area contributed by atoms with Gasteiger partial charge in [0.2, 0.25) is 0 Å². The zero-order chi connectivity index (χ0) is 16.2. The van der Waals surface area contributed by atoms with Crippen molar-refractivity contribution in [3.05, 3.63) is 57.3 Å². The number of carbonyl (C=O) groups excluding carboxylic acids is 1. The predicted octanol–water partition coefficient (Wildman–Crippen LogP) is 2.52. The van der Waals surface area contributed by atoms with Crippen LogP contribution in [0.1, 0.15) is 15.9 Å². The molecular weight excluding hydrogens is 403 g/mol. The van der Waals surface area contributed by atoms with Crippen molar-refractivity contribution in [3.8, 4) is 6.07 Å². The van der Waals surface area contributed by atoms with Crippen LogP contribution in [-0.2, 0) is 0 Å². The van der Waals surface area contributed by atoms with Gasteiger partial charge in [-0.2, -0.15) is 5.26 Å². The zero-order valence-corrected chi connectivity index (χ0v) is 14.6. The van der Waals surface area contributed by atoms with E-state index >= 15 is 0 Å². The predicted molar refractivity (Wildman–Crippen MR) is 96.2 cm³/mol. The normalized spacial score (nSPS) is 14.4. The van der Waals surface area contributed by atoms with Gasteiger partial charge in [-0.05, 0) is 46.9 Å². The van der Waals surface area contributed by atoms with Gasteiger partial charge in [0.25, 0.3) is 5.91 Å². The summed E-state index contributed by atoms with van der Waals surface area (Å²) in [5.74, 6) is 0.874. The van der Waals surface area contributed by atoms with E-state index in [1.165, 1.54) is 0 Å². The zero-order valence-electron chi connectivity index (χ0n) is 12.4. The lowest BCUT2D eigenvalue weighted by atomic mass is 10.2. The van der Waals surface area contributed by atoms with Gasteiger partial charge in [0.05, 0.1) is 17.2 Å². The molecule has 0 radical (unpaired) electrons. The second-order valence-corrected chi connectivity index (χ2v) is 6.44. The Balaban J connectivity index is 1.68. The molecule has 1 aromatic heterocycles. The van der Waals surface area contributed by atoms with E-state index in [0.29, 0.717) is 18.7 Å². The molecule has 1 saturated heterocycles. The minimum Gasteiger partial charge on any atom is -0.353 e. The third-order valence-electron chi connectivity index (χ3n) is 3.87. The fourth-order valence-electron chi connectivity index (χ4n) is 2.60. The Hall–Kier alpha value is -2.14. The number of anilines is 1. The molecule has 116 valence electrons. The number of pyridine rings is 1. The van der Waals surface area contributed by atoms with E-state index in [2.05, 4.69) is 38.5 Å². The number of amides is 1. The topological polar surface area (TPSA) is 60.2 Å². The van der Waals surface area contributed by atoms with E-state index in [-0.39, 0.29) is 5.91 Å². The Kier molecular flexibility index (Phi) is 4.76. The second kappa shape index (κ2) is 6.96. The lowest BCUT2D eigenvalue weighted by Gasteiger charge is -2.35. The molecule has 0 spiro atoms. The summed E-state index contributed by atoms with van der Waals surface area (Å²) in [4.78, 5) is 20.9. The van der Waals surface area contributed by atoms with Gasteiger partial charge in [-0.1, -0.05) is 12.1 Å². The number of hydrogen-bond acceptors (Lipinski definition) is 4. The van der Waals surface area contributed by atoms with E-state index in [0.717, 1.165) is 28.0 Å². The van der Waals surface area contributed by atoms with Gasteiger partial charge < -0.3 is 9.80 Å². The van der Waals surface area contributed by atoms with E-state index in [4.69, 9.17) is 5.26 Å². The minimum absolute atomic E-state index is 0.0772. The van der Waals surface area contributed by atoms with Crippen LogP contribution in [0, 0.1) is 14.9 Å². The van der Waals surface area contributed by atoms with Crippen molar-refractivity contribution < 1.29 is 4.79 Å². The summed E-state index contributed by atoms with van der Waals surface area (Å²) >= 11 is 2.19. The van der Waals surface area contributed by atoms with Crippen LogP contribution >= 0.6 is 22.6 Å². The molecule has 1 aliphatic rings. The number of piperazine rings is 1. The number of nitrogens with zero attached hydrogens (tertiary/aromatic N) is 4. The molecule has 1 aliphatic heterocycles. The van der Waals surface area contributed by atoms with Gasteiger partial charge in [0.15, 0.2) is 0 Å². The summed E-state index contributed by atoms with van der Waals surface area (Å²) < 4.78 is 0.973. The highest BCUT2D eigenvalue weighted by Crippen LogP contribution is 2.18. The number of rotatable bonds is 2. The molecule has 0 atom stereocenters. The molecule has 3 rings (SSSR count). The van der Waals surface area contributed by atoms with Crippen molar-refractivity contribution in [3.63, 3.8) is 0 Å². The summed E-state index contributed by atoms with van der Waals surface area (Å²) in [6.45, 7) is 2.75. The molecule has 0 N–H and O–H groups in total. The lowest BCUT2D eigenvalue weighted by Crippen LogP contribution is -2.49. The van der Waals surface area contributed by atoms with Crippen molar-refractivity contribution >= 4 is 34.3 Å². The molecule has 5 nitrogen and oxygen atoms in total. The number of aromatic nitrogens is 1. The summed E-state index contributed by atoms with van der Waals surface area (Å²) in [7, 11) is 0. The molecule has 2 heterocycles. The van der Waals surface area contributed by atoms with Crippen LogP contribution in [0.5, 0.6) is 0 Å². The number of benzene rings is 1. The average Bonchev–Trinajstić information content (AvgIpc) is 2.62. The Morgan fingerprint density at radius 3 is 2.61 bits per heavy atom. The molecular formula is C17H15IN4O. The standard InChI is InChI=1S/C17H15IN4O/c18-15-4-2-1-3-14(15)17(23)22-9-7-21(8-10-22)16-11-13(12-19)5-6-20-16/h1-6,11H,7-10H2. The van der Waals surface area contributed by atoms with Gasteiger partial charge in [0, 0.05) is 35.9 Å². The maximum atomic E-state index is 12.6. The smallest absolute Gasteiger partial charge is 0.255 e. The van der Waals surface area contributed by atoms with Crippen LogP contribution in [0.3, 0.4) is 0 Å². The lowest BCUT2D eigenvalue weighted by molar-refractivity contribution is 0.0745. The maximum Gasteiger partial charge on any atom is 0.255 e. The summed E-state index contributed by atoms with van der Waals surface area (Å²) in [5.41, 5.74) is 1.36. The van der Waals surface area contributed by atoms with Crippen molar-refractivity contribution in [2.75, 3.05) is 31.1 Å². The minimum atomic E-state index is 0.0772. The first-order valence-corrected chi connectivity index (χ1v) is 8.42. The Bertz CT molecular complexity index is 763. The monoisotopic (exact) mass is 418 g/mol. The number of carbonyl (C=O) groups is 1. The highest BCUT2D eigenvalue weighted by Gasteiger charge is 2.23. The van der Waals surface area contributed by atoms with Crippen molar-refractivity contribution in [2.45, 2.75) is 0 Å². The molecule has 2 aromatic rings. The number of halogens is 1. The average molecular weight is 418 g/mol. The van der Waals surface area contributed by atoms with Crippen molar-refractivity contribution in [2.24, 2.45) is 0 Å². The van der Waals surface area contributed by atoms with Crippen molar-refractivity contribution in [1.82, 2.24) is 9.88 Å². The van der Waals surface area contributed by atoms with Crippen LogP contribution in [-0.4, -0.2) is 42.0 Å². The van der Waals surface area contributed by atoms with Crippen LogP contribution in [0.2, 0.25) is 0 Å². The van der Waals surface area contributed by atoms with Gasteiger partial charge in [-0.15, -0.1) is 0 Å². The number of hydrogen-bond donors (Lipinski definition) is 0. The first kappa shape index (κ1) is 15.7. The van der Waals surface area contributed by atoms with E-state index < -0.39 is 0 Å². The second-order valence-electron chi connectivity index (χ2n) is 5.27. The molecule has 1 fully saturated rings. The van der Waals surface area contributed by atoms with Gasteiger partial charge in [-0.25, -0.2) is 4.98 Å². The first-order chi connectivity index (χ1) is 11.2. The SMILES string of the molecule is N#Cc1ccnc(N2CCN(C(=O)c3ccccc3I)CC2)c1. The molecule has 0 unspecified atom stereocenters. The van der Waals surface area contributed by atoms with Gasteiger partial charge in [0.1, 0.15) is 5.82 Å². The molecule has 0 aliphatic carbocycles. The number of nitriles is 1. The van der Waals surface area contributed by atoms with Gasteiger partial charge >= 0.3 is 0 Å². The van der Waals surface area contributed by atoms with Crippen LogP contribution in [0.15, 0.2) is 42.6 Å². The van der Waals surface area contributed by atoms with Crippen LogP contribution in [0.25, 0.3) is 0 Å². The summed E-state index contributed by atoms with van der Waals surface area (Å²) in [6, 6.07) is 13.3. The molecule has 23 heavy (non-hydrogen) atoms. The summed E-state index contributed by atoms with van der Waals surface area (Å²) in [5, 5.41) is 8.98. The summed E-state index contributed by atoms with van der Waals surface area (Å²) in [6.07, 6.45) is 1.65. The van der Waals surface area contributed by atoms with E-state index in [1.807, 2.05) is 29.2 Å². The molecule has 1 amide bonds. The largest absolute Gasteiger partial charge is 0.353 e. The van der Waals surface area contributed by atoms with Crippen LogP contribution < -0.4 is 4.90 Å². The first-order valence-electron chi connectivity index (χ1n) is 7.34. The fraction of sp³-hybridized carbons (Fsp3) is 0.235. The quantitative estimate of drug-likeness (QED) is 0.704. The molecule has 1 aromatic carbocycles. The molecule has 6 heteroatoms. The van der Waals surface area contributed by atoms with Crippen molar-refractivity contribution in [1.29, 1.82) is 5.26 Å². The van der Waals surface area contributed by atoms with Gasteiger partial charge in [-0.3, -0.25) is 4.79 Å². The highest BCUT2D eigenvalue weighted by molar-refractivity contribution is 14.1. The van der Waals surface area contributed by atoms with Crippen LogP contribution in [0.4, 0.5) is 5.82 Å². The Morgan fingerprint density at radius 1 is 1.17 bits per heavy atom. The fourth-order valence-corrected chi connectivity index (χ4v) is 3.22. The van der Waals surface area contributed by atoms with E-state index in [9.17, 15) is 4.79 Å².